The van der Waals surface area contributed by atoms with Crippen LogP contribution in [0.3, 0.4) is 0 Å². The molecule has 0 aliphatic heterocycles. The van der Waals surface area contributed by atoms with Crippen molar-refractivity contribution in [1.29, 1.82) is 0 Å². The highest BCUT2D eigenvalue weighted by Gasteiger charge is 2.10. The molecule has 23 heavy (non-hydrogen) atoms. The number of H-pyrrole nitrogens is 1. The Balaban J connectivity index is 2.34. The zero-order valence-corrected chi connectivity index (χ0v) is 13.2. The van der Waals surface area contributed by atoms with E-state index in [0.29, 0.717) is 11.5 Å². The van der Waals surface area contributed by atoms with Crippen LogP contribution in [0.5, 0.6) is 5.75 Å². The van der Waals surface area contributed by atoms with Crippen LogP contribution in [-0.2, 0) is 11.2 Å². The minimum absolute atomic E-state index is 0.158. The quantitative estimate of drug-likeness (QED) is 0.802. The van der Waals surface area contributed by atoms with Gasteiger partial charge in [0, 0.05) is 11.3 Å². The third-order valence-corrected chi connectivity index (χ3v) is 3.52. The molecular weight excluding hydrogens is 296 g/mol. The number of benzene rings is 1. The number of aromatic nitrogens is 2. The van der Waals surface area contributed by atoms with Crippen LogP contribution in [0.25, 0.3) is 12.2 Å². The molecule has 1 heterocycles. The molecule has 0 aliphatic carbocycles. The molecule has 0 atom stereocenters. The van der Waals surface area contributed by atoms with E-state index in [1.807, 2.05) is 26.0 Å². The SMILES string of the molecule is Cc1cc(C=Cc2nc(C)c(CC(=O)O)c(=O)[nH]2)cc(C)c1O. The first-order valence-corrected chi connectivity index (χ1v) is 7.08. The summed E-state index contributed by atoms with van der Waals surface area (Å²) in [5.74, 6) is -0.452. The highest BCUT2D eigenvalue weighted by molar-refractivity contribution is 5.71. The fourth-order valence-corrected chi connectivity index (χ4v) is 2.33. The van der Waals surface area contributed by atoms with Crippen molar-refractivity contribution >= 4 is 18.1 Å². The molecule has 0 spiro atoms. The molecule has 0 unspecified atom stereocenters. The molecule has 3 N–H and O–H groups in total. The van der Waals surface area contributed by atoms with Crippen molar-refractivity contribution in [2.45, 2.75) is 27.2 Å². The largest absolute Gasteiger partial charge is 0.507 e. The van der Waals surface area contributed by atoms with E-state index in [1.165, 1.54) is 0 Å². The molecule has 0 saturated heterocycles. The molecule has 0 bridgehead atoms. The number of phenolic OH excluding ortho intramolecular Hbond substituents is 1. The Hall–Kier alpha value is -2.89. The molecule has 120 valence electrons. The van der Waals surface area contributed by atoms with Gasteiger partial charge in [0.25, 0.3) is 5.56 Å². The number of aliphatic carboxylic acids is 1. The van der Waals surface area contributed by atoms with E-state index >= 15 is 0 Å². The van der Waals surface area contributed by atoms with Gasteiger partial charge >= 0.3 is 5.97 Å². The monoisotopic (exact) mass is 314 g/mol. The third kappa shape index (κ3) is 3.85. The zero-order valence-electron chi connectivity index (χ0n) is 13.2. The molecule has 6 nitrogen and oxygen atoms in total. The van der Waals surface area contributed by atoms with Crippen LogP contribution in [0, 0.1) is 20.8 Å². The van der Waals surface area contributed by atoms with E-state index in [4.69, 9.17) is 5.11 Å². The summed E-state index contributed by atoms with van der Waals surface area (Å²) in [4.78, 5) is 29.5. The molecule has 0 amide bonds. The number of aromatic amines is 1. The number of aromatic hydroxyl groups is 1. The zero-order chi connectivity index (χ0) is 17.1. The number of hydrogen-bond acceptors (Lipinski definition) is 4. The van der Waals surface area contributed by atoms with Crippen LogP contribution in [0.4, 0.5) is 0 Å². The summed E-state index contributed by atoms with van der Waals surface area (Å²) >= 11 is 0. The topological polar surface area (TPSA) is 103 Å². The molecule has 0 aliphatic rings. The molecule has 6 heteroatoms. The lowest BCUT2D eigenvalue weighted by Gasteiger charge is -2.05. The maximum Gasteiger partial charge on any atom is 0.308 e. The lowest BCUT2D eigenvalue weighted by Crippen LogP contribution is -2.20. The number of carboxylic acid groups (broad SMARTS) is 1. The van der Waals surface area contributed by atoms with E-state index in [1.54, 1.807) is 19.1 Å². The van der Waals surface area contributed by atoms with Crippen molar-refractivity contribution in [2.75, 3.05) is 0 Å². The third-order valence-electron chi connectivity index (χ3n) is 3.52. The van der Waals surface area contributed by atoms with Gasteiger partial charge in [0.1, 0.15) is 11.6 Å². The Bertz CT molecular complexity index is 827. The summed E-state index contributed by atoms with van der Waals surface area (Å²) < 4.78 is 0. The van der Waals surface area contributed by atoms with Crippen molar-refractivity contribution in [3.05, 3.63) is 56.3 Å². The molecule has 1 aromatic carbocycles. The Kier molecular flexibility index (Phi) is 4.64. The van der Waals surface area contributed by atoms with Gasteiger partial charge in [0.05, 0.1) is 6.42 Å². The fourth-order valence-electron chi connectivity index (χ4n) is 2.33. The van der Waals surface area contributed by atoms with Crippen molar-refractivity contribution < 1.29 is 15.0 Å². The van der Waals surface area contributed by atoms with Gasteiger partial charge in [-0.3, -0.25) is 9.59 Å². The van der Waals surface area contributed by atoms with Crippen molar-refractivity contribution in [2.24, 2.45) is 0 Å². The number of carbonyl (C=O) groups is 1. The van der Waals surface area contributed by atoms with Gasteiger partial charge in [-0.1, -0.05) is 6.08 Å². The molecule has 2 rings (SSSR count). The number of aryl methyl sites for hydroxylation is 3. The van der Waals surface area contributed by atoms with E-state index in [-0.39, 0.29) is 17.7 Å². The van der Waals surface area contributed by atoms with Crippen LogP contribution in [0.1, 0.15) is 33.8 Å². The van der Waals surface area contributed by atoms with E-state index < -0.39 is 11.5 Å². The normalized spacial score (nSPS) is 11.1. The van der Waals surface area contributed by atoms with Gasteiger partial charge < -0.3 is 15.2 Å². The van der Waals surface area contributed by atoms with Gasteiger partial charge in [0.15, 0.2) is 0 Å². The molecule has 0 radical (unpaired) electrons. The number of nitrogens with zero attached hydrogens (tertiary/aromatic N) is 1. The average Bonchev–Trinajstić information content (AvgIpc) is 2.46. The highest BCUT2D eigenvalue weighted by atomic mass is 16.4. The Morgan fingerprint density at radius 3 is 2.35 bits per heavy atom. The number of rotatable bonds is 4. The maximum absolute atomic E-state index is 11.9. The minimum Gasteiger partial charge on any atom is -0.507 e. The van der Waals surface area contributed by atoms with Gasteiger partial charge in [-0.15, -0.1) is 0 Å². The summed E-state index contributed by atoms with van der Waals surface area (Å²) in [6.45, 7) is 5.23. The average molecular weight is 314 g/mol. The van der Waals surface area contributed by atoms with Gasteiger partial charge in [-0.05, 0) is 55.7 Å². The fraction of sp³-hybridized carbons (Fsp3) is 0.235. The van der Waals surface area contributed by atoms with Gasteiger partial charge in [0.2, 0.25) is 0 Å². The van der Waals surface area contributed by atoms with Crippen LogP contribution < -0.4 is 5.56 Å². The lowest BCUT2D eigenvalue weighted by atomic mass is 10.1. The smallest absolute Gasteiger partial charge is 0.308 e. The summed E-state index contributed by atoms with van der Waals surface area (Å²) in [5, 5.41) is 18.6. The van der Waals surface area contributed by atoms with Crippen LogP contribution in [0.2, 0.25) is 0 Å². The second-order valence-electron chi connectivity index (χ2n) is 5.42. The maximum atomic E-state index is 11.9. The van der Waals surface area contributed by atoms with Crippen LogP contribution in [0.15, 0.2) is 16.9 Å². The first-order valence-electron chi connectivity index (χ1n) is 7.08. The second kappa shape index (κ2) is 6.48. The molecule has 0 fully saturated rings. The summed E-state index contributed by atoms with van der Waals surface area (Å²) in [6, 6.07) is 3.64. The standard InChI is InChI=1S/C17H18N2O4/c1-9-6-12(7-10(2)16(9)22)4-5-14-18-11(3)13(8-15(20)21)17(23)19-14/h4-7,22H,8H2,1-3H3,(H,20,21)(H,18,19,23). The van der Waals surface area contributed by atoms with Crippen LogP contribution >= 0.6 is 0 Å². The molecule has 0 saturated carbocycles. The van der Waals surface area contributed by atoms with Crippen molar-refractivity contribution in [1.82, 2.24) is 9.97 Å². The number of nitrogens with one attached hydrogen (secondary N) is 1. The Labute approximate surface area is 133 Å². The summed E-state index contributed by atoms with van der Waals surface area (Å²) in [6.07, 6.45) is 3.06. The van der Waals surface area contributed by atoms with Crippen molar-refractivity contribution in [3.8, 4) is 5.75 Å². The molecule has 2 aromatic rings. The minimum atomic E-state index is -1.07. The molecule has 1 aromatic heterocycles. The number of carboxylic acids is 1. The Morgan fingerprint density at radius 2 is 1.83 bits per heavy atom. The van der Waals surface area contributed by atoms with E-state index in [0.717, 1.165) is 16.7 Å². The summed E-state index contributed by atoms with van der Waals surface area (Å²) in [7, 11) is 0. The predicted molar refractivity (Wildman–Crippen MR) is 87.4 cm³/mol. The van der Waals surface area contributed by atoms with Gasteiger partial charge in [-0.25, -0.2) is 4.98 Å². The first-order chi connectivity index (χ1) is 10.8. The van der Waals surface area contributed by atoms with E-state index in [9.17, 15) is 14.7 Å². The predicted octanol–water partition coefficient (Wildman–Crippen LogP) is 2.20. The van der Waals surface area contributed by atoms with Crippen LogP contribution in [-0.4, -0.2) is 26.2 Å². The second-order valence-corrected chi connectivity index (χ2v) is 5.42. The van der Waals surface area contributed by atoms with Crippen molar-refractivity contribution in [3.63, 3.8) is 0 Å². The van der Waals surface area contributed by atoms with E-state index in [2.05, 4.69) is 9.97 Å². The summed E-state index contributed by atoms with van der Waals surface area (Å²) in [5.41, 5.74) is 2.50. The Morgan fingerprint density at radius 1 is 1.22 bits per heavy atom. The van der Waals surface area contributed by atoms with Gasteiger partial charge in [-0.2, -0.15) is 0 Å². The molecular formula is C17H18N2O4. The highest BCUT2D eigenvalue weighted by Crippen LogP contribution is 2.23. The number of phenols is 1. The first kappa shape index (κ1) is 16.5. The lowest BCUT2D eigenvalue weighted by molar-refractivity contribution is -0.136. The number of hydrogen-bond donors (Lipinski definition) is 3.